The minimum Gasteiger partial charge on any atom is -0.478 e. The summed E-state index contributed by atoms with van der Waals surface area (Å²) in [7, 11) is 3.51. The number of aliphatic carboxylic acids is 1. The Morgan fingerprint density at radius 3 is 2.44 bits per heavy atom. The van der Waals surface area contributed by atoms with Crippen molar-refractivity contribution in [2.75, 3.05) is 20.6 Å². The minimum atomic E-state index is -1.04. The fourth-order valence-corrected chi connectivity index (χ4v) is 1.17. The number of ether oxygens (including phenoxy) is 1. The van der Waals surface area contributed by atoms with Gasteiger partial charge in [-0.15, -0.1) is 0 Å². The van der Waals surface area contributed by atoms with E-state index in [4.69, 9.17) is 9.84 Å². The molecule has 1 aromatic carbocycles. The van der Waals surface area contributed by atoms with Crippen LogP contribution >= 0.6 is 0 Å². The first-order valence-electron chi connectivity index (χ1n) is 4.79. The number of hydrogen-bond acceptors (Lipinski definition) is 3. The molecule has 5 heteroatoms. The molecule has 0 aromatic heterocycles. The summed E-state index contributed by atoms with van der Waals surface area (Å²) >= 11 is 0. The second-order valence-electron chi connectivity index (χ2n) is 3.66. The van der Waals surface area contributed by atoms with Gasteiger partial charge in [0.25, 0.3) is 0 Å². The molecule has 0 aliphatic heterocycles. The molecular weight excluding hydrogens is 213 g/mol. The Balaban J connectivity index is 2.68. The third-order valence-electron chi connectivity index (χ3n) is 1.90. The van der Waals surface area contributed by atoms with Crippen molar-refractivity contribution in [1.29, 1.82) is 0 Å². The van der Waals surface area contributed by atoms with Crippen molar-refractivity contribution < 1.29 is 19.0 Å². The zero-order valence-corrected chi connectivity index (χ0v) is 9.18. The van der Waals surface area contributed by atoms with Crippen LogP contribution in [0, 0.1) is 5.82 Å². The van der Waals surface area contributed by atoms with E-state index in [0.29, 0.717) is 5.75 Å². The highest BCUT2D eigenvalue weighted by atomic mass is 19.1. The van der Waals surface area contributed by atoms with Crippen LogP contribution in [0.4, 0.5) is 4.39 Å². The van der Waals surface area contributed by atoms with Crippen molar-refractivity contribution in [2.24, 2.45) is 0 Å². The van der Waals surface area contributed by atoms with Gasteiger partial charge < -0.3 is 14.7 Å². The molecule has 1 N–H and O–H groups in total. The Morgan fingerprint density at radius 1 is 1.44 bits per heavy atom. The van der Waals surface area contributed by atoms with Gasteiger partial charge in [-0.2, -0.15) is 0 Å². The van der Waals surface area contributed by atoms with Crippen LogP contribution in [0.1, 0.15) is 0 Å². The summed E-state index contributed by atoms with van der Waals surface area (Å²) in [6.45, 7) is 0.257. The molecule has 0 aliphatic carbocycles. The molecule has 0 spiro atoms. The van der Waals surface area contributed by atoms with Crippen molar-refractivity contribution in [1.82, 2.24) is 4.90 Å². The number of halogens is 1. The zero-order chi connectivity index (χ0) is 12.1. The number of likely N-dealkylation sites (N-methyl/N-ethyl adjacent to an activating group) is 1. The Labute approximate surface area is 93.3 Å². The molecule has 16 heavy (non-hydrogen) atoms. The van der Waals surface area contributed by atoms with Gasteiger partial charge in [0.1, 0.15) is 11.6 Å². The fraction of sp³-hybridized carbons (Fsp3) is 0.364. The Bertz CT molecular complexity index is 351. The molecular formula is C11H14FNO3. The van der Waals surface area contributed by atoms with E-state index in [0.717, 1.165) is 0 Å². The molecule has 1 atom stereocenters. The van der Waals surface area contributed by atoms with Gasteiger partial charge in [-0.05, 0) is 38.4 Å². The highest BCUT2D eigenvalue weighted by molar-refractivity contribution is 5.73. The van der Waals surface area contributed by atoms with Gasteiger partial charge in [-0.1, -0.05) is 0 Å². The van der Waals surface area contributed by atoms with E-state index < -0.39 is 12.1 Å². The second-order valence-corrected chi connectivity index (χ2v) is 3.66. The lowest BCUT2D eigenvalue weighted by atomic mass is 10.3. The van der Waals surface area contributed by atoms with E-state index in [1.165, 1.54) is 24.3 Å². The van der Waals surface area contributed by atoms with Gasteiger partial charge in [0, 0.05) is 6.54 Å². The largest absolute Gasteiger partial charge is 0.478 e. The first kappa shape index (κ1) is 12.4. The Hall–Kier alpha value is -1.62. The fourth-order valence-electron chi connectivity index (χ4n) is 1.17. The van der Waals surface area contributed by atoms with Gasteiger partial charge in [0.15, 0.2) is 0 Å². The molecule has 1 aromatic rings. The van der Waals surface area contributed by atoms with E-state index in [1.54, 1.807) is 19.0 Å². The molecule has 0 aliphatic rings. The van der Waals surface area contributed by atoms with Crippen molar-refractivity contribution in [2.45, 2.75) is 6.10 Å². The van der Waals surface area contributed by atoms with Crippen LogP contribution in [0.5, 0.6) is 5.75 Å². The number of hydrogen-bond donors (Lipinski definition) is 1. The summed E-state index contributed by atoms with van der Waals surface area (Å²) in [6, 6.07) is 5.26. The van der Waals surface area contributed by atoms with Crippen molar-refractivity contribution in [3.05, 3.63) is 30.1 Å². The number of carboxylic acid groups (broad SMARTS) is 1. The predicted molar refractivity (Wildman–Crippen MR) is 57.0 cm³/mol. The SMILES string of the molecule is CN(C)CC(Oc1ccc(F)cc1)C(=O)O. The average molecular weight is 227 g/mol. The van der Waals surface area contributed by atoms with Crippen LogP contribution in [0.25, 0.3) is 0 Å². The van der Waals surface area contributed by atoms with Crippen molar-refractivity contribution >= 4 is 5.97 Å². The summed E-state index contributed by atoms with van der Waals surface area (Å²) in [5.74, 6) is -1.08. The quantitative estimate of drug-likeness (QED) is 0.821. The van der Waals surface area contributed by atoms with Crippen LogP contribution < -0.4 is 4.74 Å². The van der Waals surface area contributed by atoms with Gasteiger partial charge in [0.2, 0.25) is 6.10 Å². The molecule has 0 bridgehead atoms. The van der Waals surface area contributed by atoms with E-state index in [9.17, 15) is 9.18 Å². The van der Waals surface area contributed by atoms with Crippen LogP contribution in [0.2, 0.25) is 0 Å². The number of nitrogens with zero attached hydrogens (tertiary/aromatic N) is 1. The lowest BCUT2D eigenvalue weighted by molar-refractivity contribution is -0.145. The second kappa shape index (κ2) is 5.46. The van der Waals surface area contributed by atoms with E-state index >= 15 is 0 Å². The number of benzene rings is 1. The summed E-state index contributed by atoms with van der Waals surface area (Å²) in [4.78, 5) is 12.6. The summed E-state index contributed by atoms with van der Waals surface area (Å²) < 4.78 is 17.8. The third kappa shape index (κ3) is 3.86. The van der Waals surface area contributed by atoms with Crippen LogP contribution in [-0.4, -0.2) is 42.7 Å². The zero-order valence-electron chi connectivity index (χ0n) is 9.18. The van der Waals surface area contributed by atoms with Crippen LogP contribution in [0.3, 0.4) is 0 Å². The molecule has 88 valence electrons. The summed E-state index contributed by atoms with van der Waals surface area (Å²) in [5.41, 5.74) is 0. The van der Waals surface area contributed by atoms with Crippen LogP contribution in [-0.2, 0) is 4.79 Å². The molecule has 0 fully saturated rings. The summed E-state index contributed by atoms with van der Waals surface area (Å²) in [6.07, 6.45) is -0.958. The van der Waals surface area contributed by atoms with Gasteiger partial charge in [0.05, 0.1) is 0 Å². The first-order valence-corrected chi connectivity index (χ1v) is 4.79. The van der Waals surface area contributed by atoms with Gasteiger partial charge in [-0.3, -0.25) is 0 Å². The molecule has 0 saturated carbocycles. The van der Waals surface area contributed by atoms with Gasteiger partial charge >= 0.3 is 5.97 Å². The lowest BCUT2D eigenvalue weighted by Gasteiger charge is -2.18. The number of rotatable bonds is 5. The van der Waals surface area contributed by atoms with E-state index in [1.807, 2.05) is 0 Å². The van der Waals surface area contributed by atoms with Crippen molar-refractivity contribution in [3.8, 4) is 5.75 Å². The maximum atomic E-state index is 12.6. The normalized spacial score (nSPS) is 12.5. The van der Waals surface area contributed by atoms with Crippen LogP contribution in [0.15, 0.2) is 24.3 Å². The average Bonchev–Trinajstić information content (AvgIpc) is 2.19. The first-order chi connectivity index (χ1) is 7.49. The third-order valence-corrected chi connectivity index (χ3v) is 1.90. The lowest BCUT2D eigenvalue weighted by Crippen LogP contribution is -2.37. The van der Waals surface area contributed by atoms with Gasteiger partial charge in [-0.25, -0.2) is 9.18 Å². The maximum absolute atomic E-state index is 12.6. The highest BCUT2D eigenvalue weighted by Gasteiger charge is 2.20. The highest BCUT2D eigenvalue weighted by Crippen LogP contribution is 2.13. The van der Waals surface area contributed by atoms with Crippen molar-refractivity contribution in [3.63, 3.8) is 0 Å². The number of carbonyl (C=O) groups is 1. The Kier molecular flexibility index (Phi) is 4.25. The molecule has 0 saturated heterocycles. The molecule has 0 heterocycles. The standard InChI is InChI=1S/C11H14FNO3/c1-13(2)7-10(11(14)15)16-9-5-3-8(12)4-6-9/h3-6,10H,7H2,1-2H3,(H,14,15). The van der Waals surface area contributed by atoms with E-state index in [-0.39, 0.29) is 12.4 Å². The Morgan fingerprint density at radius 2 is 2.00 bits per heavy atom. The maximum Gasteiger partial charge on any atom is 0.346 e. The molecule has 0 radical (unpaired) electrons. The smallest absolute Gasteiger partial charge is 0.346 e. The minimum absolute atomic E-state index is 0.257. The topological polar surface area (TPSA) is 49.8 Å². The molecule has 4 nitrogen and oxygen atoms in total. The van der Waals surface area contributed by atoms with E-state index in [2.05, 4.69) is 0 Å². The molecule has 1 rings (SSSR count). The molecule has 0 amide bonds. The monoisotopic (exact) mass is 227 g/mol. The summed E-state index contributed by atoms with van der Waals surface area (Å²) in [5, 5.41) is 8.91. The molecule has 1 unspecified atom stereocenters. The predicted octanol–water partition coefficient (Wildman–Crippen LogP) is 1.22. The number of carboxylic acids is 1.